The summed E-state index contributed by atoms with van der Waals surface area (Å²) in [5.74, 6) is 5.22. The van der Waals surface area contributed by atoms with Crippen LogP contribution in [-0.2, 0) is 6.42 Å². The molecule has 0 spiro atoms. The first-order chi connectivity index (χ1) is 9.10. The summed E-state index contributed by atoms with van der Waals surface area (Å²) in [5.41, 5.74) is 4.17. The summed E-state index contributed by atoms with van der Waals surface area (Å²) in [6.07, 6.45) is 0.584. The van der Waals surface area contributed by atoms with Crippen LogP contribution >= 0.6 is 27.5 Å². The molecule has 0 aliphatic rings. The van der Waals surface area contributed by atoms with Crippen molar-refractivity contribution in [3.8, 4) is 0 Å². The minimum atomic E-state index is -0.320. The van der Waals surface area contributed by atoms with Crippen molar-refractivity contribution < 1.29 is 4.39 Å². The summed E-state index contributed by atoms with van der Waals surface area (Å²) in [5, 5.41) is 0.493. The van der Waals surface area contributed by atoms with Crippen LogP contribution in [0.15, 0.2) is 46.9 Å². The molecule has 2 nitrogen and oxygen atoms in total. The predicted molar refractivity (Wildman–Crippen MR) is 79.3 cm³/mol. The number of nitrogens with one attached hydrogen (secondary N) is 1. The lowest BCUT2D eigenvalue weighted by Crippen LogP contribution is -2.30. The van der Waals surface area contributed by atoms with Crippen molar-refractivity contribution in [1.82, 2.24) is 5.43 Å². The van der Waals surface area contributed by atoms with E-state index in [4.69, 9.17) is 17.4 Å². The molecule has 0 bridgehead atoms. The summed E-state index contributed by atoms with van der Waals surface area (Å²) >= 11 is 9.28. The molecule has 19 heavy (non-hydrogen) atoms. The molecule has 1 unspecified atom stereocenters. The molecule has 2 aromatic rings. The number of hydrazine groups is 1. The lowest BCUT2D eigenvalue weighted by atomic mass is 9.99. The number of rotatable bonds is 4. The number of hydrogen-bond donors (Lipinski definition) is 2. The minimum absolute atomic E-state index is 0.315. The second-order valence-corrected chi connectivity index (χ2v) is 5.57. The van der Waals surface area contributed by atoms with Gasteiger partial charge in [-0.2, -0.15) is 0 Å². The summed E-state index contributed by atoms with van der Waals surface area (Å²) in [6.45, 7) is 0. The first-order valence-corrected chi connectivity index (χ1v) is 6.93. The molecule has 0 radical (unpaired) electrons. The summed E-state index contributed by atoms with van der Waals surface area (Å²) in [6, 6.07) is 12.0. The molecule has 0 heterocycles. The molecule has 0 saturated heterocycles. The fourth-order valence-electron chi connectivity index (χ4n) is 1.90. The zero-order valence-corrected chi connectivity index (χ0v) is 12.4. The molecule has 0 aliphatic heterocycles. The van der Waals surface area contributed by atoms with E-state index < -0.39 is 0 Å². The van der Waals surface area contributed by atoms with Gasteiger partial charge < -0.3 is 0 Å². The van der Waals surface area contributed by atoms with Gasteiger partial charge in [-0.15, -0.1) is 0 Å². The second kappa shape index (κ2) is 6.48. The van der Waals surface area contributed by atoms with Crippen molar-refractivity contribution >= 4 is 27.5 Å². The summed E-state index contributed by atoms with van der Waals surface area (Å²) in [7, 11) is 0. The third-order valence-electron chi connectivity index (χ3n) is 2.89. The summed E-state index contributed by atoms with van der Waals surface area (Å²) < 4.78 is 14.8. The molecule has 2 rings (SSSR count). The Labute approximate surface area is 124 Å². The predicted octanol–water partition coefficient (Wildman–Crippen LogP) is 3.99. The highest BCUT2D eigenvalue weighted by molar-refractivity contribution is 9.10. The normalized spacial score (nSPS) is 12.4. The van der Waals surface area contributed by atoms with Gasteiger partial charge in [-0.05, 0) is 42.3 Å². The van der Waals surface area contributed by atoms with Crippen molar-refractivity contribution in [3.05, 3.63) is 68.9 Å². The lowest BCUT2D eigenvalue weighted by Gasteiger charge is -2.17. The number of nitrogens with two attached hydrogens (primary N) is 1. The van der Waals surface area contributed by atoms with Gasteiger partial charge in [0.15, 0.2) is 0 Å². The fraction of sp³-hybridized carbons (Fsp3) is 0.143. The Morgan fingerprint density at radius 3 is 2.53 bits per heavy atom. The molecular formula is C14H13BrClFN2. The van der Waals surface area contributed by atoms with E-state index in [1.165, 1.54) is 12.1 Å². The van der Waals surface area contributed by atoms with Crippen LogP contribution in [0.4, 0.5) is 4.39 Å². The zero-order valence-electron chi connectivity index (χ0n) is 10.0. The molecule has 0 aliphatic carbocycles. The molecule has 0 amide bonds. The van der Waals surface area contributed by atoms with Crippen LogP contribution in [0.3, 0.4) is 0 Å². The third-order valence-corrected chi connectivity index (χ3v) is 3.65. The average Bonchev–Trinajstić information content (AvgIpc) is 2.41. The molecule has 0 aromatic heterocycles. The highest BCUT2D eigenvalue weighted by Crippen LogP contribution is 2.24. The maximum absolute atomic E-state index is 13.8. The van der Waals surface area contributed by atoms with Crippen LogP contribution in [0.2, 0.25) is 5.02 Å². The van der Waals surface area contributed by atoms with E-state index >= 15 is 0 Å². The Hall–Kier alpha value is -0.940. The largest absolute Gasteiger partial charge is 0.271 e. The Morgan fingerprint density at radius 2 is 1.89 bits per heavy atom. The van der Waals surface area contributed by atoms with Crippen molar-refractivity contribution in [1.29, 1.82) is 0 Å². The van der Waals surface area contributed by atoms with Gasteiger partial charge in [0, 0.05) is 15.1 Å². The number of hydrogen-bond acceptors (Lipinski definition) is 2. The lowest BCUT2D eigenvalue weighted by molar-refractivity contribution is 0.510. The van der Waals surface area contributed by atoms with Crippen LogP contribution in [-0.4, -0.2) is 0 Å². The quantitative estimate of drug-likeness (QED) is 0.651. The molecule has 5 heteroatoms. The fourth-order valence-corrected chi connectivity index (χ4v) is 2.34. The average molecular weight is 344 g/mol. The topological polar surface area (TPSA) is 38.0 Å². The van der Waals surface area contributed by atoms with Gasteiger partial charge in [0.05, 0.1) is 6.04 Å². The van der Waals surface area contributed by atoms with Gasteiger partial charge >= 0.3 is 0 Å². The molecule has 3 N–H and O–H groups in total. The van der Waals surface area contributed by atoms with E-state index in [1.807, 2.05) is 24.3 Å². The van der Waals surface area contributed by atoms with Gasteiger partial charge in [-0.1, -0.05) is 39.7 Å². The van der Waals surface area contributed by atoms with Crippen molar-refractivity contribution in [2.24, 2.45) is 5.84 Å². The van der Waals surface area contributed by atoms with Gasteiger partial charge in [0.1, 0.15) is 5.82 Å². The maximum atomic E-state index is 13.8. The van der Waals surface area contributed by atoms with Gasteiger partial charge in [-0.3, -0.25) is 11.3 Å². The van der Waals surface area contributed by atoms with Crippen molar-refractivity contribution in [3.63, 3.8) is 0 Å². The molecular weight excluding hydrogens is 331 g/mol. The molecule has 2 aromatic carbocycles. The molecule has 1 atom stereocenters. The van der Waals surface area contributed by atoms with E-state index in [9.17, 15) is 4.39 Å². The van der Waals surface area contributed by atoms with E-state index in [0.717, 1.165) is 10.0 Å². The Morgan fingerprint density at radius 1 is 1.21 bits per heavy atom. The van der Waals surface area contributed by atoms with Crippen LogP contribution < -0.4 is 11.3 Å². The highest BCUT2D eigenvalue weighted by atomic mass is 79.9. The van der Waals surface area contributed by atoms with E-state index in [2.05, 4.69) is 21.4 Å². The first kappa shape index (κ1) is 14.5. The SMILES string of the molecule is NNC(Cc1ccc(Br)cc1)c1cc(Cl)ccc1F. The van der Waals surface area contributed by atoms with E-state index in [0.29, 0.717) is 17.0 Å². The Balaban J connectivity index is 2.24. The standard InChI is InChI=1S/C14H13BrClFN2/c15-10-3-1-9(2-4-10)7-14(19-18)12-8-11(16)5-6-13(12)17/h1-6,8,14,19H,7,18H2. The number of benzene rings is 2. The van der Waals surface area contributed by atoms with Gasteiger partial charge in [-0.25, -0.2) is 4.39 Å². The Kier molecular flexibility index (Phi) is 4.93. The van der Waals surface area contributed by atoms with Gasteiger partial charge in [0.25, 0.3) is 0 Å². The van der Waals surface area contributed by atoms with Crippen molar-refractivity contribution in [2.75, 3.05) is 0 Å². The summed E-state index contributed by atoms with van der Waals surface area (Å²) in [4.78, 5) is 0. The minimum Gasteiger partial charge on any atom is -0.271 e. The molecule has 100 valence electrons. The highest BCUT2D eigenvalue weighted by Gasteiger charge is 2.15. The van der Waals surface area contributed by atoms with Crippen LogP contribution in [0.1, 0.15) is 17.2 Å². The molecule has 0 fully saturated rings. The molecule has 0 saturated carbocycles. The smallest absolute Gasteiger partial charge is 0.128 e. The zero-order chi connectivity index (χ0) is 13.8. The van der Waals surface area contributed by atoms with Crippen LogP contribution in [0, 0.1) is 5.82 Å². The Bertz CT molecular complexity index is 560. The number of halogens is 3. The maximum Gasteiger partial charge on any atom is 0.128 e. The monoisotopic (exact) mass is 342 g/mol. The second-order valence-electron chi connectivity index (χ2n) is 4.22. The third kappa shape index (κ3) is 3.76. The van der Waals surface area contributed by atoms with Crippen LogP contribution in [0.5, 0.6) is 0 Å². The first-order valence-electron chi connectivity index (χ1n) is 5.75. The van der Waals surface area contributed by atoms with Gasteiger partial charge in [0.2, 0.25) is 0 Å². The van der Waals surface area contributed by atoms with Crippen LogP contribution in [0.25, 0.3) is 0 Å². The van der Waals surface area contributed by atoms with E-state index in [-0.39, 0.29) is 11.9 Å². The van der Waals surface area contributed by atoms with E-state index in [1.54, 1.807) is 6.07 Å². The van der Waals surface area contributed by atoms with Crippen molar-refractivity contribution in [2.45, 2.75) is 12.5 Å².